The molecule has 0 aromatic carbocycles. The van der Waals surface area contributed by atoms with E-state index < -0.39 is 17.9 Å². The van der Waals surface area contributed by atoms with E-state index in [1.807, 2.05) is 6.26 Å². The topological polar surface area (TPSA) is 123 Å². The van der Waals surface area contributed by atoms with Crippen LogP contribution < -0.4 is 11.1 Å². The number of carbonyl (C=O) groups excluding carboxylic acids is 1. The minimum absolute atomic E-state index is 0.0734. The standard InChI is InChI=1S/C10H17N5O3S/c1-19-3-2-8(10(17)18)12-9(16)6-15-5-7(4-11)13-14-15/h5,8H,2-4,6,11H2,1H3,(H,12,16)(H,17,18). The molecule has 1 atom stereocenters. The minimum Gasteiger partial charge on any atom is -0.480 e. The molecule has 0 aliphatic rings. The molecule has 8 nitrogen and oxygen atoms in total. The first-order valence-corrected chi connectivity index (χ1v) is 7.06. The summed E-state index contributed by atoms with van der Waals surface area (Å²) in [5, 5.41) is 18.9. The fraction of sp³-hybridized carbons (Fsp3) is 0.600. The summed E-state index contributed by atoms with van der Waals surface area (Å²) in [6.07, 6.45) is 3.81. The molecule has 0 radical (unpaired) electrons. The summed E-state index contributed by atoms with van der Waals surface area (Å²) in [6.45, 7) is 0.170. The quantitative estimate of drug-likeness (QED) is 0.563. The van der Waals surface area contributed by atoms with Gasteiger partial charge in [-0.3, -0.25) is 4.79 Å². The van der Waals surface area contributed by atoms with Crippen molar-refractivity contribution in [3.05, 3.63) is 11.9 Å². The first kappa shape index (κ1) is 15.4. The molecule has 1 heterocycles. The van der Waals surface area contributed by atoms with Gasteiger partial charge >= 0.3 is 5.97 Å². The van der Waals surface area contributed by atoms with Gasteiger partial charge < -0.3 is 16.2 Å². The van der Waals surface area contributed by atoms with Gasteiger partial charge in [0.15, 0.2) is 0 Å². The predicted molar refractivity (Wildman–Crippen MR) is 70.5 cm³/mol. The SMILES string of the molecule is CSCCC(NC(=O)Cn1cc(CN)nn1)C(=O)O. The minimum atomic E-state index is -1.04. The van der Waals surface area contributed by atoms with Crippen molar-refractivity contribution in [1.82, 2.24) is 20.3 Å². The molecule has 19 heavy (non-hydrogen) atoms. The Hall–Kier alpha value is -1.61. The number of thioether (sulfide) groups is 1. The van der Waals surface area contributed by atoms with Crippen LogP contribution >= 0.6 is 11.8 Å². The van der Waals surface area contributed by atoms with E-state index in [4.69, 9.17) is 10.8 Å². The van der Waals surface area contributed by atoms with Crippen LogP contribution in [0, 0.1) is 0 Å². The molecule has 1 rings (SSSR count). The predicted octanol–water partition coefficient (Wildman–Crippen LogP) is -0.941. The maximum Gasteiger partial charge on any atom is 0.326 e. The number of aromatic nitrogens is 3. The number of nitrogens with zero attached hydrogens (tertiary/aromatic N) is 3. The summed E-state index contributed by atoms with van der Waals surface area (Å²) < 4.78 is 1.32. The van der Waals surface area contributed by atoms with E-state index in [0.717, 1.165) is 0 Å². The van der Waals surface area contributed by atoms with Crippen molar-refractivity contribution in [3.8, 4) is 0 Å². The molecule has 1 aromatic heterocycles. The lowest BCUT2D eigenvalue weighted by Gasteiger charge is -2.13. The van der Waals surface area contributed by atoms with Crippen LogP contribution in [0.25, 0.3) is 0 Å². The third-order valence-electron chi connectivity index (χ3n) is 2.34. The molecule has 1 amide bonds. The van der Waals surface area contributed by atoms with Crippen molar-refractivity contribution >= 4 is 23.6 Å². The van der Waals surface area contributed by atoms with Crippen molar-refractivity contribution in [2.24, 2.45) is 5.73 Å². The van der Waals surface area contributed by atoms with E-state index in [-0.39, 0.29) is 13.1 Å². The van der Waals surface area contributed by atoms with Crippen LogP contribution in [0.1, 0.15) is 12.1 Å². The number of carboxylic acid groups (broad SMARTS) is 1. The number of aliphatic carboxylic acids is 1. The van der Waals surface area contributed by atoms with Gasteiger partial charge in [0.05, 0.1) is 11.9 Å². The van der Waals surface area contributed by atoms with Gasteiger partial charge in [0.2, 0.25) is 5.91 Å². The second kappa shape index (κ2) is 7.74. The van der Waals surface area contributed by atoms with Crippen LogP contribution in [-0.2, 0) is 22.7 Å². The summed E-state index contributed by atoms with van der Waals surface area (Å²) >= 11 is 1.53. The van der Waals surface area contributed by atoms with Crippen molar-refractivity contribution < 1.29 is 14.7 Å². The molecule has 0 saturated carbocycles. The highest BCUT2D eigenvalue weighted by molar-refractivity contribution is 7.98. The maximum absolute atomic E-state index is 11.7. The highest BCUT2D eigenvalue weighted by Gasteiger charge is 2.19. The highest BCUT2D eigenvalue weighted by atomic mass is 32.2. The molecule has 0 aliphatic heterocycles. The molecule has 9 heteroatoms. The van der Waals surface area contributed by atoms with E-state index in [2.05, 4.69) is 15.6 Å². The van der Waals surface area contributed by atoms with E-state index in [9.17, 15) is 9.59 Å². The average Bonchev–Trinajstić information content (AvgIpc) is 2.81. The zero-order chi connectivity index (χ0) is 14.3. The molecule has 0 saturated heterocycles. The molecule has 106 valence electrons. The fourth-order valence-corrected chi connectivity index (χ4v) is 1.86. The van der Waals surface area contributed by atoms with Crippen LogP contribution in [0.2, 0.25) is 0 Å². The second-order valence-electron chi connectivity index (χ2n) is 3.85. The van der Waals surface area contributed by atoms with Crippen LogP contribution in [0.4, 0.5) is 0 Å². The summed E-state index contributed by atoms with van der Waals surface area (Å²) in [6, 6.07) is -0.877. The highest BCUT2D eigenvalue weighted by Crippen LogP contribution is 2.01. The Morgan fingerprint density at radius 2 is 2.37 bits per heavy atom. The molecule has 0 bridgehead atoms. The van der Waals surface area contributed by atoms with Gasteiger partial charge in [-0.25, -0.2) is 9.48 Å². The van der Waals surface area contributed by atoms with Crippen LogP contribution in [-0.4, -0.2) is 50.0 Å². The molecule has 1 unspecified atom stereocenters. The van der Waals surface area contributed by atoms with Gasteiger partial charge in [-0.15, -0.1) is 5.10 Å². The van der Waals surface area contributed by atoms with Crippen LogP contribution in [0.5, 0.6) is 0 Å². The molecule has 0 aliphatic carbocycles. The van der Waals surface area contributed by atoms with Gasteiger partial charge in [0.25, 0.3) is 0 Å². The summed E-state index contributed by atoms with van der Waals surface area (Å²) in [4.78, 5) is 22.7. The molecule has 4 N–H and O–H groups in total. The molecule has 1 aromatic rings. The lowest BCUT2D eigenvalue weighted by atomic mass is 10.2. The summed E-state index contributed by atoms with van der Waals surface area (Å²) in [5.74, 6) is -0.789. The Labute approximate surface area is 114 Å². The van der Waals surface area contributed by atoms with E-state index in [1.165, 1.54) is 16.4 Å². The number of carboxylic acids is 1. The summed E-state index contributed by atoms with van der Waals surface area (Å²) in [7, 11) is 0. The number of hydrogen-bond donors (Lipinski definition) is 3. The van der Waals surface area contributed by atoms with E-state index in [0.29, 0.717) is 17.9 Å². The molecule has 0 fully saturated rings. The lowest BCUT2D eigenvalue weighted by Crippen LogP contribution is -2.42. The monoisotopic (exact) mass is 287 g/mol. The van der Waals surface area contributed by atoms with Gasteiger partial charge in [-0.05, 0) is 18.4 Å². The Bertz CT molecular complexity index is 437. The van der Waals surface area contributed by atoms with Crippen LogP contribution in [0.3, 0.4) is 0 Å². The summed E-state index contributed by atoms with van der Waals surface area (Å²) in [5.41, 5.74) is 5.95. The van der Waals surface area contributed by atoms with Gasteiger partial charge in [-0.2, -0.15) is 11.8 Å². The van der Waals surface area contributed by atoms with Crippen molar-refractivity contribution in [1.29, 1.82) is 0 Å². The lowest BCUT2D eigenvalue weighted by molar-refractivity contribution is -0.142. The van der Waals surface area contributed by atoms with E-state index >= 15 is 0 Å². The van der Waals surface area contributed by atoms with Gasteiger partial charge in [0.1, 0.15) is 12.6 Å². The number of nitrogens with one attached hydrogen (secondary N) is 1. The van der Waals surface area contributed by atoms with Gasteiger partial charge in [0, 0.05) is 6.54 Å². The Kier molecular flexibility index (Phi) is 6.30. The zero-order valence-corrected chi connectivity index (χ0v) is 11.4. The first-order valence-electron chi connectivity index (χ1n) is 5.67. The number of amides is 1. The number of nitrogens with two attached hydrogens (primary N) is 1. The molecule has 0 spiro atoms. The van der Waals surface area contributed by atoms with Crippen molar-refractivity contribution in [3.63, 3.8) is 0 Å². The van der Waals surface area contributed by atoms with Crippen molar-refractivity contribution in [2.75, 3.05) is 12.0 Å². The third-order valence-corrected chi connectivity index (χ3v) is 2.99. The maximum atomic E-state index is 11.7. The molecular weight excluding hydrogens is 270 g/mol. The number of rotatable bonds is 8. The van der Waals surface area contributed by atoms with Gasteiger partial charge in [-0.1, -0.05) is 5.21 Å². The van der Waals surface area contributed by atoms with E-state index in [1.54, 1.807) is 6.20 Å². The number of carbonyl (C=O) groups is 2. The second-order valence-corrected chi connectivity index (χ2v) is 4.84. The molecular formula is C10H17N5O3S. The average molecular weight is 287 g/mol. The zero-order valence-electron chi connectivity index (χ0n) is 10.6. The number of hydrogen-bond acceptors (Lipinski definition) is 6. The Morgan fingerprint density at radius 1 is 1.63 bits per heavy atom. The smallest absolute Gasteiger partial charge is 0.326 e. The third kappa shape index (κ3) is 5.26. The Balaban J connectivity index is 2.49. The fourth-order valence-electron chi connectivity index (χ4n) is 1.39. The van der Waals surface area contributed by atoms with Crippen molar-refractivity contribution in [2.45, 2.75) is 25.6 Å². The Morgan fingerprint density at radius 3 is 2.89 bits per heavy atom. The largest absolute Gasteiger partial charge is 0.480 e. The van der Waals surface area contributed by atoms with Crippen LogP contribution in [0.15, 0.2) is 6.20 Å². The first-order chi connectivity index (χ1) is 9.06. The normalized spacial score (nSPS) is 12.1.